The van der Waals surface area contributed by atoms with Crippen molar-refractivity contribution in [2.45, 2.75) is 11.8 Å². The highest BCUT2D eigenvalue weighted by Crippen LogP contribution is 2.36. The number of carbonyl (C=O) groups is 3. The van der Waals surface area contributed by atoms with Crippen molar-refractivity contribution in [1.82, 2.24) is 5.32 Å². The Balaban J connectivity index is 1.40. The van der Waals surface area contributed by atoms with Gasteiger partial charge >= 0.3 is 0 Å². The van der Waals surface area contributed by atoms with E-state index in [4.69, 9.17) is 21.1 Å². The lowest BCUT2D eigenvalue weighted by Gasteiger charge is -2.13. The van der Waals surface area contributed by atoms with E-state index in [0.29, 0.717) is 33.5 Å². The molecule has 0 atom stereocenters. The normalized spacial score (nSPS) is 10.9. The fourth-order valence-corrected chi connectivity index (χ4v) is 4.93. The number of nitrogens with one attached hydrogen (secondary N) is 3. The van der Waals surface area contributed by atoms with Crippen molar-refractivity contribution in [3.63, 3.8) is 0 Å². The average molecular weight is 616 g/mol. The first-order valence-corrected chi connectivity index (χ1v) is 14.5. The summed E-state index contributed by atoms with van der Waals surface area (Å²) in [6, 6.07) is 26.5. The zero-order valence-corrected chi connectivity index (χ0v) is 25.3. The number of hydrogen-bond acceptors (Lipinski definition) is 6. The molecule has 0 radical (unpaired) electrons. The van der Waals surface area contributed by atoms with E-state index in [2.05, 4.69) is 16.0 Å². The highest BCUT2D eigenvalue weighted by molar-refractivity contribution is 8.00. The Kier molecular flexibility index (Phi) is 10.9. The Morgan fingerprint density at radius 1 is 0.837 bits per heavy atom. The van der Waals surface area contributed by atoms with Crippen molar-refractivity contribution in [2.75, 3.05) is 30.6 Å². The minimum atomic E-state index is -0.474. The summed E-state index contributed by atoms with van der Waals surface area (Å²) in [6.07, 6.45) is 1.64. The van der Waals surface area contributed by atoms with Gasteiger partial charge in [0.25, 0.3) is 11.8 Å². The van der Waals surface area contributed by atoms with Gasteiger partial charge in [-0.15, -0.1) is 11.8 Å². The van der Waals surface area contributed by atoms with Gasteiger partial charge in [0.1, 0.15) is 17.2 Å². The number of halogens is 1. The molecule has 0 saturated carbocycles. The standard InChI is InChI=1S/C33H30ClN3O5S/c1-21-8-7-9-22(16-21)17-28(37-32(39)23-10-5-4-6-11-23)33(40)35-24-12-14-25(15-13-24)43-20-31(38)36-27-18-26(34)29(41-2)19-30(27)42-3/h4-19H,20H2,1-3H3,(H,35,40)(H,36,38)(H,37,39)/b28-17-. The number of benzene rings is 4. The summed E-state index contributed by atoms with van der Waals surface area (Å²) in [5.74, 6) is -0.119. The minimum Gasteiger partial charge on any atom is -0.495 e. The Labute approximate surface area is 259 Å². The second-order valence-electron chi connectivity index (χ2n) is 9.29. The second kappa shape index (κ2) is 14.9. The molecule has 0 spiro atoms. The Hall–Kier alpha value is -4.73. The fraction of sp³-hybridized carbons (Fsp3) is 0.121. The molecule has 0 aliphatic rings. The molecule has 8 nitrogen and oxygen atoms in total. The molecule has 0 heterocycles. The molecule has 3 N–H and O–H groups in total. The molecule has 4 rings (SSSR count). The van der Waals surface area contributed by atoms with Crippen LogP contribution >= 0.6 is 23.4 Å². The van der Waals surface area contributed by atoms with Crippen LogP contribution in [0.25, 0.3) is 6.08 Å². The molecule has 220 valence electrons. The van der Waals surface area contributed by atoms with Gasteiger partial charge in [0.2, 0.25) is 5.91 Å². The number of thioether (sulfide) groups is 1. The van der Waals surface area contributed by atoms with E-state index >= 15 is 0 Å². The van der Waals surface area contributed by atoms with E-state index < -0.39 is 11.8 Å². The Morgan fingerprint density at radius 3 is 2.23 bits per heavy atom. The minimum absolute atomic E-state index is 0.101. The molecule has 3 amide bonds. The van der Waals surface area contributed by atoms with Crippen molar-refractivity contribution in [1.29, 1.82) is 0 Å². The van der Waals surface area contributed by atoms with E-state index in [1.54, 1.807) is 66.7 Å². The maximum Gasteiger partial charge on any atom is 0.272 e. The third-order valence-corrected chi connectivity index (χ3v) is 7.42. The van der Waals surface area contributed by atoms with E-state index in [1.807, 2.05) is 37.3 Å². The van der Waals surface area contributed by atoms with Crippen molar-refractivity contribution in [3.8, 4) is 11.5 Å². The van der Waals surface area contributed by atoms with Crippen molar-refractivity contribution >= 4 is 58.5 Å². The van der Waals surface area contributed by atoms with Gasteiger partial charge in [-0.05, 0) is 61.0 Å². The van der Waals surface area contributed by atoms with Crippen molar-refractivity contribution in [2.24, 2.45) is 0 Å². The summed E-state index contributed by atoms with van der Waals surface area (Å²) in [4.78, 5) is 39.6. The van der Waals surface area contributed by atoms with Crippen LogP contribution in [0.5, 0.6) is 11.5 Å². The first-order chi connectivity index (χ1) is 20.7. The quantitative estimate of drug-likeness (QED) is 0.126. The van der Waals surface area contributed by atoms with E-state index in [1.165, 1.54) is 26.0 Å². The number of hydrogen-bond donors (Lipinski definition) is 3. The molecule has 0 fully saturated rings. The van der Waals surface area contributed by atoms with Gasteiger partial charge < -0.3 is 25.4 Å². The lowest BCUT2D eigenvalue weighted by Crippen LogP contribution is -2.30. The van der Waals surface area contributed by atoms with Gasteiger partial charge in [-0.2, -0.15) is 0 Å². The summed E-state index contributed by atoms with van der Waals surface area (Å²) in [6.45, 7) is 1.95. The molecule has 0 bridgehead atoms. The van der Waals surface area contributed by atoms with Gasteiger partial charge in [-0.3, -0.25) is 14.4 Å². The highest BCUT2D eigenvalue weighted by Gasteiger charge is 2.16. The van der Waals surface area contributed by atoms with Gasteiger partial charge in [0.05, 0.1) is 30.7 Å². The maximum atomic E-state index is 13.3. The number of ether oxygens (including phenoxy) is 2. The zero-order chi connectivity index (χ0) is 30.8. The predicted molar refractivity (Wildman–Crippen MR) is 172 cm³/mol. The largest absolute Gasteiger partial charge is 0.495 e. The fourth-order valence-electron chi connectivity index (χ4n) is 3.99. The molecule has 0 unspecified atom stereocenters. The van der Waals surface area contributed by atoms with Crippen molar-refractivity contribution < 1.29 is 23.9 Å². The summed E-state index contributed by atoms with van der Waals surface area (Å²) in [7, 11) is 2.99. The maximum absolute atomic E-state index is 13.3. The van der Waals surface area contributed by atoms with Crippen LogP contribution in [0.1, 0.15) is 21.5 Å². The van der Waals surface area contributed by atoms with E-state index in [9.17, 15) is 14.4 Å². The first kappa shape index (κ1) is 31.2. The van der Waals surface area contributed by atoms with Crippen LogP contribution in [-0.4, -0.2) is 37.7 Å². The van der Waals surface area contributed by atoms with Crippen LogP contribution < -0.4 is 25.4 Å². The zero-order valence-electron chi connectivity index (χ0n) is 23.8. The van der Waals surface area contributed by atoms with Crippen LogP contribution in [0.4, 0.5) is 11.4 Å². The number of methoxy groups -OCH3 is 2. The molecular weight excluding hydrogens is 586 g/mol. The van der Waals surface area contributed by atoms with E-state index in [0.717, 1.165) is 16.0 Å². The Bertz CT molecular complexity index is 1640. The number of amides is 3. The predicted octanol–water partition coefficient (Wildman–Crippen LogP) is 6.81. The van der Waals surface area contributed by atoms with Gasteiger partial charge in [0.15, 0.2) is 0 Å². The molecule has 10 heteroatoms. The SMILES string of the molecule is COc1cc(OC)c(NC(=O)CSc2ccc(NC(=O)/C(=C/c3cccc(C)c3)NC(=O)c3ccccc3)cc2)cc1Cl. The second-order valence-corrected chi connectivity index (χ2v) is 10.8. The third kappa shape index (κ3) is 8.88. The number of aryl methyl sites for hydroxylation is 1. The summed E-state index contributed by atoms with van der Waals surface area (Å²) in [5, 5.41) is 8.73. The van der Waals surface area contributed by atoms with Crippen LogP contribution in [0.2, 0.25) is 5.02 Å². The molecule has 43 heavy (non-hydrogen) atoms. The van der Waals surface area contributed by atoms with E-state index in [-0.39, 0.29) is 17.4 Å². The van der Waals surface area contributed by atoms with Gasteiger partial charge in [0, 0.05) is 22.2 Å². The Morgan fingerprint density at radius 2 is 1.56 bits per heavy atom. The topological polar surface area (TPSA) is 106 Å². The molecular formula is C33H30ClN3O5S. The molecule has 4 aromatic carbocycles. The number of rotatable bonds is 11. The van der Waals surface area contributed by atoms with Crippen molar-refractivity contribution in [3.05, 3.63) is 118 Å². The van der Waals surface area contributed by atoms with Gasteiger partial charge in [-0.25, -0.2) is 0 Å². The summed E-state index contributed by atoms with van der Waals surface area (Å²) < 4.78 is 10.5. The number of anilines is 2. The smallest absolute Gasteiger partial charge is 0.272 e. The monoisotopic (exact) mass is 615 g/mol. The molecule has 0 saturated heterocycles. The lowest BCUT2D eigenvalue weighted by atomic mass is 10.1. The highest BCUT2D eigenvalue weighted by atomic mass is 35.5. The average Bonchev–Trinajstić information content (AvgIpc) is 3.01. The molecule has 0 aromatic heterocycles. The number of carbonyl (C=O) groups excluding carboxylic acids is 3. The molecule has 0 aliphatic carbocycles. The summed E-state index contributed by atoms with van der Waals surface area (Å²) >= 11 is 7.52. The van der Waals surface area contributed by atoms with Crippen LogP contribution in [0.15, 0.2) is 102 Å². The molecule has 4 aromatic rings. The van der Waals surface area contributed by atoms with Crippen LogP contribution in [-0.2, 0) is 9.59 Å². The van der Waals surface area contributed by atoms with Crippen LogP contribution in [0.3, 0.4) is 0 Å². The first-order valence-electron chi connectivity index (χ1n) is 13.2. The molecule has 0 aliphatic heterocycles. The van der Waals surface area contributed by atoms with Crippen LogP contribution in [0, 0.1) is 6.92 Å². The summed E-state index contributed by atoms with van der Waals surface area (Å²) in [5.41, 5.74) is 3.30. The van der Waals surface area contributed by atoms with Gasteiger partial charge in [-0.1, -0.05) is 59.6 Å². The third-order valence-electron chi connectivity index (χ3n) is 6.11. The lowest BCUT2D eigenvalue weighted by molar-refractivity contribution is -0.114.